The molecule has 150 valence electrons. The largest absolute Gasteiger partial charge is 0.416 e. The number of anilines is 2. The third kappa shape index (κ3) is 4.81. The average Bonchev–Trinajstić information content (AvgIpc) is 2.65. The number of alkyl halides is 3. The van der Waals surface area contributed by atoms with Gasteiger partial charge in [0.15, 0.2) is 0 Å². The van der Waals surface area contributed by atoms with E-state index >= 15 is 0 Å². The molecule has 8 heteroatoms. The molecule has 1 amide bonds. The molecule has 0 unspecified atom stereocenters. The molecule has 0 bridgehead atoms. The van der Waals surface area contributed by atoms with Gasteiger partial charge >= 0.3 is 6.18 Å². The van der Waals surface area contributed by atoms with Crippen LogP contribution in [-0.4, -0.2) is 48.5 Å². The van der Waals surface area contributed by atoms with Crippen molar-refractivity contribution < 1.29 is 18.0 Å². The van der Waals surface area contributed by atoms with Crippen molar-refractivity contribution in [2.75, 3.05) is 42.9 Å². The molecule has 1 aromatic heterocycles. The van der Waals surface area contributed by atoms with Crippen LogP contribution in [0.4, 0.5) is 24.7 Å². The van der Waals surface area contributed by atoms with E-state index in [0.29, 0.717) is 32.0 Å². The van der Waals surface area contributed by atoms with Crippen LogP contribution in [-0.2, 0) is 11.0 Å². The molecule has 1 aromatic carbocycles. The highest BCUT2D eigenvalue weighted by atomic mass is 19.4. The van der Waals surface area contributed by atoms with E-state index in [2.05, 4.69) is 10.3 Å². The number of carbonyl (C=O) groups excluding carboxylic acids is 1. The van der Waals surface area contributed by atoms with Gasteiger partial charge in [0.05, 0.1) is 12.1 Å². The highest BCUT2D eigenvalue weighted by Gasteiger charge is 2.31. The summed E-state index contributed by atoms with van der Waals surface area (Å²) in [5, 5.41) is 2.93. The lowest BCUT2D eigenvalue weighted by molar-refractivity contribution is -0.137. The smallest absolute Gasteiger partial charge is 0.354 e. The molecule has 1 aliphatic rings. The first-order valence-electron chi connectivity index (χ1n) is 9.10. The van der Waals surface area contributed by atoms with E-state index in [1.165, 1.54) is 6.20 Å². The number of aryl methyl sites for hydroxylation is 1. The first-order valence-corrected chi connectivity index (χ1v) is 9.10. The molecule has 5 nitrogen and oxygen atoms in total. The maximum atomic E-state index is 12.9. The molecule has 0 atom stereocenters. The van der Waals surface area contributed by atoms with Crippen LogP contribution in [0.25, 0.3) is 0 Å². The summed E-state index contributed by atoms with van der Waals surface area (Å²) >= 11 is 0. The van der Waals surface area contributed by atoms with Gasteiger partial charge in [0, 0.05) is 38.1 Å². The van der Waals surface area contributed by atoms with E-state index in [0.717, 1.165) is 28.9 Å². The zero-order valence-corrected chi connectivity index (χ0v) is 15.9. The monoisotopic (exact) mass is 392 g/mol. The summed E-state index contributed by atoms with van der Waals surface area (Å²) in [5.74, 6) is 0.216. The highest BCUT2D eigenvalue weighted by molar-refractivity contribution is 5.93. The SMILES string of the molecule is Cc1cccc(NC(=O)CN2CCN(c3cc(C(F)(F)F)ccn3)CC2)c1C. The molecule has 1 aliphatic heterocycles. The van der Waals surface area contributed by atoms with Gasteiger partial charge in [0.1, 0.15) is 5.82 Å². The maximum Gasteiger partial charge on any atom is 0.416 e. The molecule has 2 heterocycles. The number of aromatic nitrogens is 1. The fourth-order valence-corrected chi connectivity index (χ4v) is 3.18. The number of pyridine rings is 1. The minimum Gasteiger partial charge on any atom is -0.354 e. The van der Waals surface area contributed by atoms with Crippen LogP contribution in [0, 0.1) is 13.8 Å². The Morgan fingerprint density at radius 1 is 1.14 bits per heavy atom. The normalized spacial score (nSPS) is 15.5. The first kappa shape index (κ1) is 20.1. The topological polar surface area (TPSA) is 48.5 Å². The van der Waals surface area contributed by atoms with Gasteiger partial charge in [-0.15, -0.1) is 0 Å². The third-order valence-electron chi connectivity index (χ3n) is 5.02. The zero-order chi connectivity index (χ0) is 20.3. The number of amides is 1. The maximum absolute atomic E-state index is 12.9. The van der Waals surface area contributed by atoms with Crippen LogP contribution in [0.3, 0.4) is 0 Å². The van der Waals surface area contributed by atoms with Gasteiger partial charge in [-0.1, -0.05) is 12.1 Å². The van der Waals surface area contributed by atoms with Crippen LogP contribution >= 0.6 is 0 Å². The van der Waals surface area contributed by atoms with Crippen molar-refractivity contribution in [1.29, 1.82) is 0 Å². The Morgan fingerprint density at radius 2 is 1.86 bits per heavy atom. The number of nitrogens with one attached hydrogen (secondary N) is 1. The molecule has 2 aromatic rings. The molecular weight excluding hydrogens is 369 g/mol. The lowest BCUT2D eigenvalue weighted by atomic mass is 10.1. The predicted octanol–water partition coefficient (Wildman–Crippen LogP) is 3.48. The molecule has 3 rings (SSSR count). The second kappa shape index (κ2) is 8.18. The predicted molar refractivity (Wildman–Crippen MR) is 102 cm³/mol. The number of carbonyl (C=O) groups is 1. The molecular formula is C20H23F3N4O. The van der Waals surface area contributed by atoms with Crippen LogP contribution in [0.15, 0.2) is 36.5 Å². The second-order valence-electron chi connectivity index (χ2n) is 6.96. The molecule has 1 fully saturated rings. The Kier molecular flexibility index (Phi) is 5.88. The van der Waals surface area contributed by atoms with Gasteiger partial charge < -0.3 is 10.2 Å². The Bertz CT molecular complexity index is 846. The van der Waals surface area contributed by atoms with E-state index in [-0.39, 0.29) is 12.5 Å². The standard InChI is InChI=1S/C20H23F3N4O/c1-14-4-3-5-17(15(14)2)25-19(28)13-26-8-10-27(11-9-26)18-12-16(6-7-24-18)20(21,22)23/h3-7,12H,8-11,13H2,1-2H3,(H,25,28). The summed E-state index contributed by atoms with van der Waals surface area (Å²) in [4.78, 5) is 20.2. The Morgan fingerprint density at radius 3 is 2.54 bits per heavy atom. The van der Waals surface area contributed by atoms with Crippen molar-refractivity contribution >= 4 is 17.4 Å². The molecule has 28 heavy (non-hydrogen) atoms. The van der Waals surface area contributed by atoms with E-state index in [1.54, 1.807) is 0 Å². The number of benzene rings is 1. The fourth-order valence-electron chi connectivity index (χ4n) is 3.18. The number of hydrogen-bond acceptors (Lipinski definition) is 4. The third-order valence-corrected chi connectivity index (χ3v) is 5.02. The summed E-state index contributed by atoms with van der Waals surface area (Å²) < 4.78 is 38.6. The summed E-state index contributed by atoms with van der Waals surface area (Å²) in [6.45, 7) is 6.40. The number of hydrogen-bond donors (Lipinski definition) is 1. The lowest BCUT2D eigenvalue weighted by Gasteiger charge is -2.35. The number of halogens is 3. The van der Waals surface area contributed by atoms with Crippen molar-refractivity contribution in [2.45, 2.75) is 20.0 Å². The molecule has 0 radical (unpaired) electrons. The Hall–Kier alpha value is -2.61. The van der Waals surface area contributed by atoms with E-state index in [9.17, 15) is 18.0 Å². The molecule has 0 spiro atoms. The zero-order valence-electron chi connectivity index (χ0n) is 15.9. The van der Waals surface area contributed by atoms with Gasteiger partial charge in [-0.05, 0) is 43.2 Å². The van der Waals surface area contributed by atoms with Crippen LogP contribution in [0.1, 0.15) is 16.7 Å². The average molecular weight is 392 g/mol. The summed E-state index contributed by atoms with van der Waals surface area (Å²) in [7, 11) is 0. The summed E-state index contributed by atoms with van der Waals surface area (Å²) in [6, 6.07) is 7.81. The quantitative estimate of drug-likeness (QED) is 0.866. The summed E-state index contributed by atoms with van der Waals surface area (Å²) in [5.41, 5.74) is 2.25. The molecule has 0 aliphatic carbocycles. The van der Waals surface area contributed by atoms with Gasteiger partial charge in [-0.3, -0.25) is 9.69 Å². The number of nitrogens with zero attached hydrogens (tertiary/aromatic N) is 3. The van der Waals surface area contributed by atoms with Gasteiger partial charge in [0.25, 0.3) is 0 Å². The van der Waals surface area contributed by atoms with Crippen LogP contribution < -0.4 is 10.2 Å². The number of rotatable bonds is 4. The van der Waals surface area contributed by atoms with Crippen LogP contribution in [0.5, 0.6) is 0 Å². The minimum atomic E-state index is -4.38. The van der Waals surface area contributed by atoms with Crippen molar-refractivity contribution in [3.8, 4) is 0 Å². The van der Waals surface area contributed by atoms with Crippen molar-refractivity contribution in [2.24, 2.45) is 0 Å². The van der Waals surface area contributed by atoms with Gasteiger partial charge in [-0.25, -0.2) is 4.98 Å². The molecule has 1 N–H and O–H groups in total. The lowest BCUT2D eigenvalue weighted by Crippen LogP contribution is -2.49. The van der Waals surface area contributed by atoms with Crippen LogP contribution in [0.2, 0.25) is 0 Å². The molecule has 0 saturated carbocycles. The highest BCUT2D eigenvalue weighted by Crippen LogP contribution is 2.30. The van der Waals surface area contributed by atoms with Gasteiger partial charge in [0.2, 0.25) is 5.91 Å². The first-order chi connectivity index (χ1) is 13.2. The second-order valence-corrected chi connectivity index (χ2v) is 6.96. The van der Waals surface area contributed by atoms with E-state index in [4.69, 9.17) is 0 Å². The van der Waals surface area contributed by atoms with E-state index < -0.39 is 11.7 Å². The summed E-state index contributed by atoms with van der Waals surface area (Å²) in [6.07, 6.45) is -3.20. The van der Waals surface area contributed by atoms with Crippen molar-refractivity contribution in [3.05, 3.63) is 53.2 Å². The van der Waals surface area contributed by atoms with Gasteiger partial charge in [-0.2, -0.15) is 13.2 Å². The van der Waals surface area contributed by atoms with Crippen molar-refractivity contribution in [1.82, 2.24) is 9.88 Å². The number of piperazine rings is 1. The molecule has 1 saturated heterocycles. The van der Waals surface area contributed by atoms with E-state index in [1.807, 2.05) is 41.8 Å². The Labute approximate surface area is 162 Å². The minimum absolute atomic E-state index is 0.0978. The van der Waals surface area contributed by atoms with Crippen molar-refractivity contribution in [3.63, 3.8) is 0 Å². The fraction of sp³-hybridized carbons (Fsp3) is 0.400. The Balaban J connectivity index is 1.54.